The van der Waals surface area contributed by atoms with E-state index in [4.69, 9.17) is 0 Å². The van der Waals surface area contributed by atoms with Crippen molar-refractivity contribution < 1.29 is 9.90 Å². The van der Waals surface area contributed by atoms with Crippen LogP contribution in [-0.2, 0) is 13.0 Å². The monoisotopic (exact) mass is 500 g/mol. The van der Waals surface area contributed by atoms with E-state index in [-0.39, 0.29) is 30.5 Å². The maximum atomic E-state index is 11.5. The number of nitrogens with one attached hydrogen (secondary N) is 1. The van der Waals surface area contributed by atoms with Crippen LogP contribution in [0, 0.1) is 0 Å². The molecule has 0 radical (unpaired) electrons. The normalized spacial score (nSPS) is 10.1. The van der Waals surface area contributed by atoms with Crippen molar-refractivity contribution in [1.82, 2.24) is 20.1 Å². The van der Waals surface area contributed by atoms with Gasteiger partial charge in [-0.15, -0.1) is 24.8 Å². The Labute approximate surface area is 190 Å². The van der Waals surface area contributed by atoms with E-state index < -0.39 is 5.97 Å². The Hall–Kier alpha value is -1.93. The second kappa shape index (κ2) is 12.6. The zero-order valence-electron chi connectivity index (χ0n) is 15.6. The number of pyridine rings is 1. The molecule has 0 fully saturated rings. The Bertz CT molecular complexity index is 889. The standard InChI is InChI=1S/C20H21BrN4O2.2ClH/c21-17-4-2-15(3-5-17)6-10-22-9-1-13-25-19(20(26)27)14-18(24-25)16-7-11-23-12-8-16;;/h2-5,7-8,11-12,14,22H,1,6,9-10,13H2,(H,26,27);2*1H. The van der Waals surface area contributed by atoms with E-state index in [2.05, 4.69) is 43.5 Å². The fraction of sp³-hybridized carbons (Fsp3) is 0.250. The first kappa shape index (κ1) is 25.1. The Morgan fingerprint density at radius 2 is 1.76 bits per heavy atom. The van der Waals surface area contributed by atoms with Crippen molar-refractivity contribution in [3.8, 4) is 11.3 Å². The fourth-order valence-corrected chi connectivity index (χ4v) is 3.05. The molecule has 0 amide bonds. The summed E-state index contributed by atoms with van der Waals surface area (Å²) in [4.78, 5) is 15.5. The molecular formula is C20H23BrCl2N4O2. The van der Waals surface area contributed by atoms with Gasteiger partial charge in [0, 0.05) is 29.0 Å². The lowest BCUT2D eigenvalue weighted by Gasteiger charge is -2.07. The van der Waals surface area contributed by atoms with Crippen LogP contribution in [0.1, 0.15) is 22.5 Å². The molecule has 0 saturated heterocycles. The first-order chi connectivity index (χ1) is 13.1. The number of aryl methyl sites for hydroxylation is 1. The van der Waals surface area contributed by atoms with Gasteiger partial charge in [0.25, 0.3) is 0 Å². The third-order valence-corrected chi connectivity index (χ3v) is 4.73. The highest BCUT2D eigenvalue weighted by Gasteiger charge is 2.14. The van der Waals surface area contributed by atoms with Crippen LogP contribution in [0.3, 0.4) is 0 Å². The number of nitrogens with zero attached hydrogens (tertiary/aromatic N) is 3. The number of carbonyl (C=O) groups is 1. The molecule has 0 aliphatic rings. The summed E-state index contributed by atoms with van der Waals surface area (Å²) in [5.41, 5.74) is 3.00. The van der Waals surface area contributed by atoms with Crippen LogP contribution in [0.25, 0.3) is 11.3 Å². The van der Waals surface area contributed by atoms with E-state index in [9.17, 15) is 9.90 Å². The first-order valence-corrected chi connectivity index (χ1v) is 9.59. The number of carboxylic acids is 1. The van der Waals surface area contributed by atoms with E-state index in [0.29, 0.717) is 12.2 Å². The summed E-state index contributed by atoms with van der Waals surface area (Å²) >= 11 is 3.43. The van der Waals surface area contributed by atoms with Crippen molar-refractivity contribution in [1.29, 1.82) is 0 Å². The molecule has 0 aliphatic heterocycles. The lowest BCUT2D eigenvalue weighted by molar-refractivity contribution is 0.0683. The predicted octanol–water partition coefficient (Wildman–Crippen LogP) is 4.47. The molecule has 29 heavy (non-hydrogen) atoms. The van der Waals surface area contributed by atoms with Crippen molar-refractivity contribution in [3.05, 3.63) is 70.6 Å². The quantitative estimate of drug-likeness (QED) is 0.423. The van der Waals surface area contributed by atoms with Crippen molar-refractivity contribution in [2.45, 2.75) is 19.4 Å². The Balaban J connectivity index is 0.00000210. The molecule has 0 bridgehead atoms. The van der Waals surface area contributed by atoms with E-state index in [1.54, 1.807) is 23.1 Å². The summed E-state index contributed by atoms with van der Waals surface area (Å²) in [5.74, 6) is -0.967. The summed E-state index contributed by atoms with van der Waals surface area (Å²) in [7, 11) is 0. The van der Waals surface area contributed by atoms with Gasteiger partial charge in [-0.2, -0.15) is 5.10 Å². The third kappa shape index (κ3) is 7.44. The van der Waals surface area contributed by atoms with E-state index in [0.717, 1.165) is 36.0 Å². The van der Waals surface area contributed by atoms with E-state index in [1.807, 2.05) is 24.3 Å². The molecule has 6 nitrogen and oxygen atoms in total. The molecule has 0 unspecified atom stereocenters. The van der Waals surface area contributed by atoms with Gasteiger partial charge in [0.1, 0.15) is 5.69 Å². The molecule has 3 rings (SSSR count). The molecule has 2 heterocycles. The van der Waals surface area contributed by atoms with E-state index in [1.165, 1.54) is 5.56 Å². The van der Waals surface area contributed by atoms with Crippen LogP contribution < -0.4 is 5.32 Å². The van der Waals surface area contributed by atoms with Crippen molar-refractivity contribution in [2.75, 3.05) is 13.1 Å². The van der Waals surface area contributed by atoms with Crippen LogP contribution in [0.2, 0.25) is 0 Å². The minimum absolute atomic E-state index is 0. The second-order valence-electron chi connectivity index (χ2n) is 6.16. The molecule has 0 aliphatic carbocycles. The van der Waals surface area contributed by atoms with Gasteiger partial charge in [0.2, 0.25) is 0 Å². The minimum Gasteiger partial charge on any atom is -0.477 e. The lowest BCUT2D eigenvalue weighted by atomic mass is 10.1. The maximum Gasteiger partial charge on any atom is 0.354 e. The molecule has 2 aromatic heterocycles. The Morgan fingerprint density at radius 1 is 1.07 bits per heavy atom. The zero-order valence-corrected chi connectivity index (χ0v) is 18.8. The topological polar surface area (TPSA) is 80.0 Å². The summed E-state index contributed by atoms with van der Waals surface area (Å²) in [6, 6.07) is 13.6. The number of carboxylic acid groups (broad SMARTS) is 1. The Kier molecular flexibility index (Phi) is 10.9. The van der Waals surface area contributed by atoms with Crippen LogP contribution in [0.5, 0.6) is 0 Å². The van der Waals surface area contributed by atoms with E-state index >= 15 is 0 Å². The number of halogens is 3. The summed E-state index contributed by atoms with van der Waals surface area (Å²) in [6.07, 6.45) is 5.11. The molecule has 1 aromatic carbocycles. The lowest BCUT2D eigenvalue weighted by Crippen LogP contribution is -2.21. The maximum absolute atomic E-state index is 11.5. The van der Waals surface area contributed by atoms with Crippen molar-refractivity contribution in [3.63, 3.8) is 0 Å². The second-order valence-corrected chi connectivity index (χ2v) is 7.07. The number of aromatic nitrogens is 3. The minimum atomic E-state index is -0.967. The highest BCUT2D eigenvalue weighted by molar-refractivity contribution is 9.10. The van der Waals surface area contributed by atoms with Crippen LogP contribution in [0.4, 0.5) is 0 Å². The smallest absolute Gasteiger partial charge is 0.354 e. The largest absolute Gasteiger partial charge is 0.477 e. The van der Waals surface area contributed by atoms with Gasteiger partial charge in [0.15, 0.2) is 0 Å². The van der Waals surface area contributed by atoms with Gasteiger partial charge in [-0.05, 0) is 61.8 Å². The number of rotatable bonds is 9. The van der Waals surface area contributed by atoms with Gasteiger partial charge in [0.05, 0.1) is 5.69 Å². The third-order valence-electron chi connectivity index (χ3n) is 4.20. The fourth-order valence-electron chi connectivity index (χ4n) is 2.79. The first-order valence-electron chi connectivity index (χ1n) is 8.80. The summed E-state index contributed by atoms with van der Waals surface area (Å²) < 4.78 is 2.65. The average Bonchev–Trinajstić information content (AvgIpc) is 3.11. The van der Waals surface area contributed by atoms with Gasteiger partial charge in [-0.25, -0.2) is 4.79 Å². The van der Waals surface area contributed by atoms with Crippen molar-refractivity contribution >= 4 is 46.7 Å². The van der Waals surface area contributed by atoms with Gasteiger partial charge in [-0.1, -0.05) is 28.1 Å². The SMILES string of the molecule is Cl.Cl.O=C(O)c1cc(-c2ccncc2)nn1CCCNCCc1ccc(Br)cc1. The predicted molar refractivity (Wildman–Crippen MR) is 122 cm³/mol. The van der Waals surface area contributed by atoms with Crippen LogP contribution >= 0.6 is 40.7 Å². The summed E-state index contributed by atoms with van der Waals surface area (Å²) in [5, 5.41) is 17.3. The molecule has 0 saturated carbocycles. The van der Waals surface area contributed by atoms with Crippen molar-refractivity contribution in [2.24, 2.45) is 0 Å². The highest BCUT2D eigenvalue weighted by atomic mass is 79.9. The Morgan fingerprint density at radius 3 is 2.41 bits per heavy atom. The molecule has 0 atom stereocenters. The van der Waals surface area contributed by atoms with Gasteiger partial charge >= 0.3 is 5.97 Å². The molecule has 3 aromatic rings. The summed E-state index contributed by atoms with van der Waals surface area (Å²) in [6.45, 7) is 2.24. The number of benzene rings is 1. The molecular weight excluding hydrogens is 479 g/mol. The number of hydrogen-bond acceptors (Lipinski definition) is 4. The molecule has 2 N–H and O–H groups in total. The zero-order chi connectivity index (χ0) is 19.1. The molecule has 0 spiro atoms. The molecule has 156 valence electrons. The molecule has 9 heteroatoms. The number of aromatic carboxylic acids is 1. The van der Waals surface area contributed by atoms with Gasteiger partial charge in [-0.3, -0.25) is 9.67 Å². The average molecular weight is 502 g/mol. The van der Waals surface area contributed by atoms with Crippen LogP contribution in [-0.4, -0.2) is 38.9 Å². The van der Waals surface area contributed by atoms with Crippen LogP contribution in [0.15, 0.2) is 59.3 Å². The number of hydrogen-bond donors (Lipinski definition) is 2. The highest BCUT2D eigenvalue weighted by Crippen LogP contribution is 2.18. The van der Waals surface area contributed by atoms with Gasteiger partial charge < -0.3 is 10.4 Å².